The second kappa shape index (κ2) is 11.4. The van der Waals surface area contributed by atoms with E-state index in [0.29, 0.717) is 64.7 Å². The third-order valence-electron chi connectivity index (χ3n) is 8.11. The Kier molecular flexibility index (Phi) is 7.78. The van der Waals surface area contributed by atoms with Gasteiger partial charge in [-0.15, -0.1) is 0 Å². The predicted octanol–water partition coefficient (Wildman–Crippen LogP) is 1.37. The van der Waals surface area contributed by atoms with Gasteiger partial charge in [-0.1, -0.05) is 18.2 Å². The molecule has 1 aromatic rings. The van der Waals surface area contributed by atoms with Crippen LogP contribution in [0, 0.1) is 0 Å². The second-order valence-corrected chi connectivity index (χ2v) is 10.4. The molecule has 4 heterocycles. The van der Waals surface area contributed by atoms with E-state index in [1.807, 2.05) is 34.1 Å². The van der Waals surface area contributed by atoms with Crippen LogP contribution in [0.5, 0.6) is 0 Å². The molecular weight excluding hydrogens is 474 g/mol. The van der Waals surface area contributed by atoms with Crippen LogP contribution in [-0.2, 0) is 16.1 Å². The number of hydrogen-bond donors (Lipinski definition) is 3. The van der Waals surface area contributed by atoms with Gasteiger partial charge < -0.3 is 30.7 Å². The first-order valence-electron chi connectivity index (χ1n) is 13.4. The molecule has 0 saturated carbocycles. The lowest BCUT2D eigenvalue weighted by molar-refractivity contribution is -0.131. The average molecular weight is 512 g/mol. The van der Waals surface area contributed by atoms with Crippen LogP contribution in [0.25, 0.3) is 0 Å². The number of urea groups is 2. The number of carbonyl (C=O) groups excluding carboxylic acids is 4. The molecular formula is C26H37N7O4. The van der Waals surface area contributed by atoms with Crippen molar-refractivity contribution < 1.29 is 19.2 Å². The lowest BCUT2D eigenvalue weighted by Gasteiger charge is -2.40. The van der Waals surface area contributed by atoms with E-state index in [9.17, 15) is 19.2 Å². The lowest BCUT2D eigenvalue weighted by Crippen LogP contribution is -2.54. The normalized spacial score (nSPS) is 22.1. The molecule has 0 aliphatic carbocycles. The summed E-state index contributed by atoms with van der Waals surface area (Å²) in [5.74, 6) is 0.0485. The fourth-order valence-electron chi connectivity index (χ4n) is 5.86. The summed E-state index contributed by atoms with van der Waals surface area (Å²) < 4.78 is 0. The third kappa shape index (κ3) is 5.98. The molecule has 0 radical (unpaired) electrons. The number of rotatable bonds is 4. The van der Waals surface area contributed by atoms with Gasteiger partial charge in [0.15, 0.2) is 0 Å². The molecule has 3 N–H and O–H groups in total. The van der Waals surface area contributed by atoms with Gasteiger partial charge in [0.25, 0.3) is 0 Å². The monoisotopic (exact) mass is 511 g/mol. The maximum atomic E-state index is 12.7. The molecule has 0 unspecified atom stereocenters. The van der Waals surface area contributed by atoms with Crippen LogP contribution in [0.4, 0.5) is 15.3 Å². The van der Waals surface area contributed by atoms with Gasteiger partial charge in [-0.05, 0) is 43.7 Å². The zero-order valence-corrected chi connectivity index (χ0v) is 21.3. The van der Waals surface area contributed by atoms with Crippen molar-refractivity contribution in [2.75, 3.05) is 51.3 Å². The van der Waals surface area contributed by atoms with E-state index < -0.39 is 0 Å². The molecule has 3 saturated heterocycles. The van der Waals surface area contributed by atoms with E-state index in [2.05, 4.69) is 20.9 Å². The molecule has 5 rings (SSSR count). The Balaban J connectivity index is 1.02. The standard InChI is InChI=1S/C26H37N7O4/c34-23-6-3-11-32(18-28-23)20-7-12-30(13-8-20)24(35)16-27-25(36)31-14-9-21(10-15-31)33-17-19-4-1-2-5-22(19)29-26(33)37/h1-2,4-5,20-21H,3,6-18H2,(H,27,36)(H,28,34)(H,29,37). The summed E-state index contributed by atoms with van der Waals surface area (Å²) in [6.45, 7) is 4.49. The fourth-order valence-corrected chi connectivity index (χ4v) is 5.86. The summed E-state index contributed by atoms with van der Waals surface area (Å²) in [6.07, 6.45) is 4.61. The van der Waals surface area contributed by atoms with Gasteiger partial charge >= 0.3 is 12.1 Å². The van der Waals surface area contributed by atoms with E-state index in [-0.39, 0.29) is 36.5 Å². The summed E-state index contributed by atoms with van der Waals surface area (Å²) in [5, 5.41) is 8.71. The number of benzene rings is 1. The minimum atomic E-state index is -0.226. The fraction of sp³-hybridized carbons (Fsp3) is 0.615. The maximum absolute atomic E-state index is 12.7. The van der Waals surface area contributed by atoms with E-state index >= 15 is 0 Å². The minimum Gasteiger partial charge on any atom is -0.343 e. The highest BCUT2D eigenvalue weighted by atomic mass is 16.2. The molecule has 3 fully saturated rings. The number of nitrogens with zero attached hydrogens (tertiary/aromatic N) is 4. The van der Waals surface area contributed by atoms with Crippen molar-refractivity contribution in [2.45, 2.75) is 57.2 Å². The summed E-state index contributed by atoms with van der Waals surface area (Å²) in [7, 11) is 0. The van der Waals surface area contributed by atoms with Crippen molar-refractivity contribution >= 4 is 29.6 Å². The van der Waals surface area contributed by atoms with Crippen LogP contribution in [0.2, 0.25) is 0 Å². The average Bonchev–Trinajstić information content (AvgIpc) is 3.15. The van der Waals surface area contributed by atoms with Crippen molar-refractivity contribution in [3.63, 3.8) is 0 Å². The lowest BCUT2D eigenvalue weighted by atomic mass is 10.0. The van der Waals surface area contributed by atoms with Crippen LogP contribution < -0.4 is 16.0 Å². The topological polar surface area (TPSA) is 117 Å². The molecule has 0 atom stereocenters. The van der Waals surface area contributed by atoms with Gasteiger partial charge in [0.05, 0.1) is 13.2 Å². The van der Waals surface area contributed by atoms with Gasteiger partial charge in [0.1, 0.15) is 0 Å². The highest BCUT2D eigenvalue weighted by Crippen LogP contribution is 2.27. The summed E-state index contributed by atoms with van der Waals surface area (Å²) in [4.78, 5) is 57.4. The van der Waals surface area contributed by atoms with Crippen molar-refractivity contribution in [1.29, 1.82) is 0 Å². The first-order valence-corrected chi connectivity index (χ1v) is 13.4. The van der Waals surface area contributed by atoms with Gasteiger partial charge in [-0.3, -0.25) is 14.5 Å². The van der Waals surface area contributed by atoms with E-state index in [0.717, 1.165) is 37.1 Å². The van der Waals surface area contributed by atoms with Gasteiger partial charge in [-0.2, -0.15) is 0 Å². The molecule has 11 nitrogen and oxygen atoms in total. The van der Waals surface area contributed by atoms with Crippen molar-refractivity contribution in [1.82, 2.24) is 30.2 Å². The molecule has 6 amide bonds. The van der Waals surface area contributed by atoms with E-state index in [1.54, 1.807) is 4.90 Å². The number of para-hydroxylation sites is 1. The Bertz CT molecular complexity index is 1020. The molecule has 0 spiro atoms. The smallest absolute Gasteiger partial charge is 0.322 e. The first kappa shape index (κ1) is 25.3. The van der Waals surface area contributed by atoms with Crippen LogP contribution in [0.3, 0.4) is 0 Å². The molecule has 0 bridgehead atoms. The number of amides is 6. The van der Waals surface area contributed by atoms with E-state index in [1.165, 1.54) is 0 Å². The number of anilines is 1. The minimum absolute atomic E-state index is 0.00544. The molecule has 11 heteroatoms. The number of hydrogen-bond acceptors (Lipinski definition) is 5. The zero-order valence-electron chi connectivity index (χ0n) is 21.3. The number of likely N-dealkylation sites (tertiary alicyclic amines) is 2. The summed E-state index contributed by atoms with van der Waals surface area (Å²) >= 11 is 0. The highest BCUT2D eigenvalue weighted by Gasteiger charge is 2.33. The van der Waals surface area contributed by atoms with Gasteiger partial charge in [0.2, 0.25) is 11.8 Å². The number of carbonyl (C=O) groups is 4. The maximum Gasteiger partial charge on any atom is 0.322 e. The predicted molar refractivity (Wildman–Crippen MR) is 138 cm³/mol. The van der Waals surface area contributed by atoms with Gasteiger partial charge in [-0.25, -0.2) is 9.59 Å². The molecule has 200 valence electrons. The Labute approximate surface area is 217 Å². The van der Waals surface area contributed by atoms with E-state index in [4.69, 9.17) is 0 Å². The summed E-state index contributed by atoms with van der Waals surface area (Å²) in [5.41, 5.74) is 1.97. The van der Waals surface area contributed by atoms with Crippen LogP contribution in [-0.4, -0.2) is 101 Å². The highest BCUT2D eigenvalue weighted by molar-refractivity contribution is 5.92. The Morgan fingerprint density at radius 2 is 1.62 bits per heavy atom. The Morgan fingerprint density at radius 1 is 0.919 bits per heavy atom. The molecule has 4 aliphatic heterocycles. The largest absolute Gasteiger partial charge is 0.343 e. The van der Waals surface area contributed by atoms with Crippen LogP contribution in [0.1, 0.15) is 44.1 Å². The zero-order chi connectivity index (χ0) is 25.8. The first-order chi connectivity index (χ1) is 18.0. The molecule has 0 aromatic heterocycles. The Morgan fingerprint density at radius 3 is 2.41 bits per heavy atom. The molecule has 4 aliphatic rings. The van der Waals surface area contributed by atoms with Crippen molar-refractivity contribution in [3.8, 4) is 0 Å². The van der Waals surface area contributed by atoms with Crippen LogP contribution in [0.15, 0.2) is 24.3 Å². The number of fused-ring (bicyclic) bond motifs is 1. The molecule has 1 aromatic carbocycles. The Hall–Kier alpha value is -3.34. The van der Waals surface area contributed by atoms with Gasteiger partial charge in [0, 0.05) is 63.5 Å². The SMILES string of the molecule is O=C1CCCN(C2CCN(C(=O)CNC(=O)N3CCC(N4Cc5ccccc5NC4=O)CC3)CC2)CN1. The second-order valence-electron chi connectivity index (χ2n) is 10.4. The quantitative estimate of drug-likeness (QED) is 0.565. The van der Waals surface area contributed by atoms with Crippen LogP contribution >= 0.6 is 0 Å². The third-order valence-corrected chi connectivity index (χ3v) is 8.11. The number of piperidine rings is 2. The molecule has 37 heavy (non-hydrogen) atoms. The van der Waals surface area contributed by atoms with Crippen molar-refractivity contribution in [2.24, 2.45) is 0 Å². The number of nitrogens with one attached hydrogen (secondary N) is 3. The van der Waals surface area contributed by atoms with Crippen molar-refractivity contribution in [3.05, 3.63) is 29.8 Å². The summed E-state index contributed by atoms with van der Waals surface area (Å²) in [6, 6.07) is 7.97.